The maximum Gasteiger partial charge on any atom is 0.260 e. The SMILES string of the molecule is CC(CN)(NS(=O)(=O)c1cn2c(n1)CCCC2)C1CC1.Cl. The fourth-order valence-corrected chi connectivity index (χ4v) is 4.35. The summed E-state index contributed by atoms with van der Waals surface area (Å²) in [5.74, 6) is 1.22. The molecular formula is C13H23ClN4O2S. The summed E-state index contributed by atoms with van der Waals surface area (Å²) in [6.07, 6.45) is 6.74. The number of imidazole rings is 1. The van der Waals surface area contributed by atoms with Crippen molar-refractivity contribution < 1.29 is 8.42 Å². The number of fused-ring (bicyclic) bond motifs is 1. The summed E-state index contributed by atoms with van der Waals surface area (Å²) in [7, 11) is -3.59. The minimum Gasteiger partial charge on any atom is -0.333 e. The third-order valence-electron chi connectivity index (χ3n) is 4.43. The summed E-state index contributed by atoms with van der Waals surface area (Å²) in [5, 5.41) is 0.134. The van der Waals surface area contributed by atoms with Crippen LogP contribution in [0.4, 0.5) is 0 Å². The molecule has 120 valence electrons. The van der Waals surface area contributed by atoms with Gasteiger partial charge in [-0.25, -0.2) is 18.1 Å². The second kappa shape index (κ2) is 5.87. The van der Waals surface area contributed by atoms with Crippen LogP contribution in [0.25, 0.3) is 0 Å². The molecule has 0 radical (unpaired) electrons. The van der Waals surface area contributed by atoms with Crippen LogP contribution in [0.2, 0.25) is 0 Å². The van der Waals surface area contributed by atoms with Gasteiger partial charge in [-0.1, -0.05) is 0 Å². The summed E-state index contributed by atoms with van der Waals surface area (Å²) in [5.41, 5.74) is 5.23. The van der Waals surface area contributed by atoms with Crippen LogP contribution in [-0.2, 0) is 23.0 Å². The third kappa shape index (κ3) is 3.26. The monoisotopic (exact) mass is 334 g/mol. The standard InChI is InChI=1S/C13H22N4O2S.ClH/c1-13(9-14,10-5-6-10)16-20(18,19)12-8-17-7-3-2-4-11(17)15-12;/h8,10,16H,2-7,9,14H2,1H3;1H. The quantitative estimate of drug-likeness (QED) is 0.842. The fourth-order valence-electron chi connectivity index (χ4n) is 2.89. The van der Waals surface area contributed by atoms with E-state index < -0.39 is 15.6 Å². The van der Waals surface area contributed by atoms with Gasteiger partial charge in [0.1, 0.15) is 5.82 Å². The van der Waals surface area contributed by atoms with Crippen molar-refractivity contribution in [1.82, 2.24) is 14.3 Å². The molecule has 1 saturated carbocycles. The molecule has 1 aliphatic heterocycles. The number of aromatic nitrogens is 2. The lowest BCUT2D eigenvalue weighted by atomic mass is 9.98. The van der Waals surface area contributed by atoms with Gasteiger partial charge in [-0.3, -0.25) is 0 Å². The predicted molar refractivity (Wildman–Crippen MR) is 82.9 cm³/mol. The zero-order valence-electron chi connectivity index (χ0n) is 12.2. The van der Waals surface area contributed by atoms with Crippen molar-refractivity contribution in [2.24, 2.45) is 11.7 Å². The highest BCUT2D eigenvalue weighted by atomic mass is 35.5. The van der Waals surface area contributed by atoms with Crippen molar-refractivity contribution in [3.05, 3.63) is 12.0 Å². The van der Waals surface area contributed by atoms with Gasteiger partial charge in [-0.15, -0.1) is 12.4 Å². The molecule has 6 nitrogen and oxygen atoms in total. The van der Waals surface area contributed by atoms with Crippen LogP contribution < -0.4 is 10.5 Å². The maximum absolute atomic E-state index is 12.5. The summed E-state index contributed by atoms with van der Waals surface area (Å²) in [6, 6.07) is 0. The number of nitrogens with zero attached hydrogens (tertiary/aromatic N) is 2. The molecule has 21 heavy (non-hydrogen) atoms. The first-order chi connectivity index (χ1) is 9.44. The maximum atomic E-state index is 12.5. The molecule has 0 spiro atoms. The molecular weight excluding hydrogens is 312 g/mol. The van der Waals surface area contributed by atoms with Gasteiger partial charge in [0.05, 0.1) is 0 Å². The van der Waals surface area contributed by atoms with E-state index in [4.69, 9.17) is 5.73 Å². The van der Waals surface area contributed by atoms with E-state index in [1.165, 1.54) is 0 Å². The molecule has 3 rings (SSSR count). The van der Waals surface area contributed by atoms with Gasteiger partial charge < -0.3 is 10.3 Å². The lowest BCUT2D eigenvalue weighted by Crippen LogP contribution is -2.53. The number of hydrogen-bond acceptors (Lipinski definition) is 4. The normalized spacial score (nSPS) is 21.2. The Morgan fingerprint density at radius 1 is 1.48 bits per heavy atom. The van der Waals surface area contributed by atoms with Gasteiger partial charge in [0.15, 0.2) is 5.03 Å². The van der Waals surface area contributed by atoms with Crippen molar-refractivity contribution in [2.45, 2.75) is 56.1 Å². The Kier molecular flexibility index (Phi) is 4.68. The number of sulfonamides is 1. The molecule has 1 atom stereocenters. The summed E-state index contributed by atoms with van der Waals surface area (Å²) in [6.45, 7) is 3.05. The van der Waals surface area contributed by atoms with Crippen LogP contribution in [0.5, 0.6) is 0 Å². The minimum atomic E-state index is -3.59. The number of aryl methyl sites for hydroxylation is 2. The molecule has 1 unspecified atom stereocenters. The second-order valence-corrected chi connectivity index (χ2v) is 7.78. The molecule has 0 aromatic carbocycles. The molecule has 0 bridgehead atoms. The molecule has 8 heteroatoms. The predicted octanol–water partition coefficient (Wildman–Crippen LogP) is 1.05. The average molecular weight is 335 g/mol. The van der Waals surface area contributed by atoms with Crippen molar-refractivity contribution in [2.75, 3.05) is 6.54 Å². The van der Waals surface area contributed by atoms with Gasteiger partial charge in [0, 0.05) is 31.2 Å². The first-order valence-electron chi connectivity index (χ1n) is 7.25. The van der Waals surface area contributed by atoms with E-state index >= 15 is 0 Å². The van der Waals surface area contributed by atoms with E-state index in [1.54, 1.807) is 6.20 Å². The Labute approximate surface area is 132 Å². The minimum absolute atomic E-state index is 0. The van der Waals surface area contributed by atoms with Gasteiger partial charge in [0.25, 0.3) is 10.0 Å². The highest BCUT2D eigenvalue weighted by Gasteiger charge is 2.43. The van der Waals surface area contributed by atoms with Crippen LogP contribution in [0.15, 0.2) is 11.2 Å². The van der Waals surface area contributed by atoms with Gasteiger partial charge >= 0.3 is 0 Å². The number of nitrogens with one attached hydrogen (secondary N) is 1. The van der Waals surface area contributed by atoms with Gasteiger partial charge in [-0.2, -0.15) is 0 Å². The Balaban J connectivity index is 0.00000161. The van der Waals surface area contributed by atoms with Gasteiger partial charge in [0.2, 0.25) is 0 Å². The molecule has 2 heterocycles. The average Bonchev–Trinajstić information content (AvgIpc) is 3.17. The smallest absolute Gasteiger partial charge is 0.260 e. The zero-order chi connectivity index (χ0) is 14.4. The topological polar surface area (TPSA) is 90.0 Å². The van der Waals surface area contributed by atoms with Crippen molar-refractivity contribution in [3.8, 4) is 0 Å². The zero-order valence-corrected chi connectivity index (χ0v) is 13.8. The second-order valence-electron chi connectivity index (χ2n) is 6.15. The highest BCUT2D eigenvalue weighted by Crippen LogP contribution is 2.39. The Hall–Kier alpha value is -0.630. The lowest BCUT2D eigenvalue weighted by molar-refractivity contribution is 0.373. The van der Waals surface area contributed by atoms with E-state index in [2.05, 4.69) is 9.71 Å². The van der Waals surface area contributed by atoms with E-state index in [9.17, 15) is 8.42 Å². The van der Waals surface area contributed by atoms with Crippen molar-refractivity contribution in [3.63, 3.8) is 0 Å². The van der Waals surface area contributed by atoms with E-state index in [-0.39, 0.29) is 17.4 Å². The number of nitrogens with two attached hydrogens (primary N) is 1. The number of rotatable bonds is 5. The van der Waals surface area contributed by atoms with Crippen LogP contribution in [-0.4, -0.2) is 30.1 Å². The van der Waals surface area contributed by atoms with Crippen LogP contribution in [0.3, 0.4) is 0 Å². The first kappa shape index (κ1) is 16.7. The molecule has 2 aliphatic rings. The molecule has 1 aromatic rings. The number of halogens is 1. The molecule has 0 saturated heterocycles. The Bertz CT molecular complexity index is 588. The Morgan fingerprint density at radius 3 is 2.76 bits per heavy atom. The highest BCUT2D eigenvalue weighted by molar-refractivity contribution is 7.89. The van der Waals surface area contributed by atoms with E-state index in [0.29, 0.717) is 12.5 Å². The van der Waals surface area contributed by atoms with Crippen molar-refractivity contribution in [1.29, 1.82) is 0 Å². The molecule has 1 fully saturated rings. The van der Waals surface area contributed by atoms with E-state index in [0.717, 1.165) is 44.5 Å². The summed E-state index contributed by atoms with van der Waals surface area (Å²) < 4.78 is 29.8. The molecule has 0 amide bonds. The largest absolute Gasteiger partial charge is 0.333 e. The Morgan fingerprint density at radius 2 is 2.19 bits per heavy atom. The fraction of sp³-hybridized carbons (Fsp3) is 0.769. The molecule has 3 N–H and O–H groups in total. The summed E-state index contributed by atoms with van der Waals surface area (Å²) in [4.78, 5) is 4.29. The summed E-state index contributed by atoms with van der Waals surface area (Å²) >= 11 is 0. The first-order valence-corrected chi connectivity index (χ1v) is 8.73. The van der Waals surface area contributed by atoms with E-state index in [1.807, 2.05) is 11.5 Å². The molecule has 1 aliphatic carbocycles. The lowest BCUT2D eigenvalue weighted by Gasteiger charge is -2.28. The third-order valence-corrected chi connectivity index (χ3v) is 5.91. The molecule has 1 aromatic heterocycles. The van der Waals surface area contributed by atoms with Gasteiger partial charge in [-0.05, 0) is 38.5 Å². The van der Waals surface area contributed by atoms with Crippen LogP contribution in [0, 0.1) is 5.92 Å². The van der Waals surface area contributed by atoms with Crippen LogP contribution >= 0.6 is 12.4 Å². The number of hydrogen-bond donors (Lipinski definition) is 2. The van der Waals surface area contributed by atoms with Crippen molar-refractivity contribution >= 4 is 22.4 Å². The van der Waals surface area contributed by atoms with Crippen LogP contribution in [0.1, 0.15) is 38.4 Å².